The van der Waals surface area contributed by atoms with Crippen LogP contribution in [0.1, 0.15) is 17.5 Å². The molecule has 0 N–H and O–H groups in total. The zero-order chi connectivity index (χ0) is 16.8. The fourth-order valence-electron chi connectivity index (χ4n) is 4.02. The molecule has 1 aliphatic carbocycles. The van der Waals surface area contributed by atoms with Crippen LogP contribution >= 0.6 is 15.9 Å². The summed E-state index contributed by atoms with van der Waals surface area (Å²) in [5.74, 6) is 0. The van der Waals surface area contributed by atoms with Gasteiger partial charge in [-0.2, -0.15) is 0 Å². The molecule has 1 aliphatic rings. The highest BCUT2D eigenvalue weighted by Crippen LogP contribution is 2.40. The van der Waals surface area contributed by atoms with E-state index in [9.17, 15) is 0 Å². The molecule has 5 rings (SSSR count). The maximum atomic E-state index is 3.70. The molecule has 0 bridgehead atoms. The van der Waals surface area contributed by atoms with Crippen LogP contribution in [-0.2, 0) is 6.42 Å². The van der Waals surface area contributed by atoms with Crippen LogP contribution in [0.25, 0.3) is 38.7 Å². The van der Waals surface area contributed by atoms with Crippen molar-refractivity contribution >= 4 is 43.6 Å². The van der Waals surface area contributed by atoms with Gasteiger partial charge in [0.25, 0.3) is 0 Å². The molecule has 0 radical (unpaired) electrons. The lowest BCUT2D eigenvalue weighted by Crippen LogP contribution is -1.97. The molecule has 0 unspecified atom stereocenters. The average molecular weight is 385 g/mol. The van der Waals surface area contributed by atoms with Crippen molar-refractivity contribution in [3.8, 4) is 11.1 Å². The van der Waals surface area contributed by atoms with Gasteiger partial charge >= 0.3 is 0 Å². The smallest absolute Gasteiger partial charge is 0.0254 e. The Morgan fingerprint density at radius 1 is 0.680 bits per heavy atom. The van der Waals surface area contributed by atoms with Crippen molar-refractivity contribution in [3.63, 3.8) is 0 Å². The van der Waals surface area contributed by atoms with Gasteiger partial charge in [0.05, 0.1) is 0 Å². The SMILES string of the molecule is Brc1ccc(-c2cc3c(c4ccccc24)C=CCC3)c2ccccc12. The van der Waals surface area contributed by atoms with Crippen molar-refractivity contribution in [3.05, 3.63) is 88.4 Å². The van der Waals surface area contributed by atoms with E-state index in [0.717, 1.165) is 17.3 Å². The van der Waals surface area contributed by atoms with Crippen molar-refractivity contribution in [2.24, 2.45) is 0 Å². The maximum absolute atomic E-state index is 3.70. The van der Waals surface area contributed by atoms with Gasteiger partial charge in [0.15, 0.2) is 0 Å². The number of rotatable bonds is 1. The first-order valence-corrected chi connectivity index (χ1v) is 9.51. The van der Waals surface area contributed by atoms with Crippen LogP contribution in [0.4, 0.5) is 0 Å². The van der Waals surface area contributed by atoms with Gasteiger partial charge in [0, 0.05) is 4.47 Å². The number of allylic oxidation sites excluding steroid dienone is 1. The van der Waals surface area contributed by atoms with Crippen LogP contribution < -0.4 is 0 Å². The van der Waals surface area contributed by atoms with E-state index >= 15 is 0 Å². The van der Waals surface area contributed by atoms with Crippen LogP contribution in [0.15, 0.2) is 77.3 Å². The number of fused-ring (bicyclic) bond motifs is 4. The molecular weight excluding hydrogens is 368 g/mol. The monoisotopic (exact) mass is 384 g/mol. The Kier molecular flexibility index (Phi) is 3.50. The van der Waals surface area contributed by atoms with Crippen LogP contribution in [0, 0.1) is 0 Å². The number of halogens is 1. The van der Waals surface area contributed by atoms with Gasteiger partial charge in [-0.05, 0) is 68.8 Å². The minimum atomic E-state index is 1.12. The molecule has 120 valence electrons. The summed E-state index contributed by atoms with van der Waals surface area (Å²) in [6.45, 7) is 0. The van der Waals surface area contributed by atoms with Crippen molar-refractivity contribution < 1.29 is 0 Å². The Hall–Kier alpha value is -2.38. The molecule has 0 amide bonds. The minimum Gasteiger partial charge on any atom is -0.0836 e. The van der Waals surface area contributed by atoms with Gasteiger partial charge in [-0.15, -0.1) is 0 Å². The van der Waals surface area contributed by atoms with Gasteiger partial charge in [0.1, 0.15) is 0 Å². The molecule has 25 heavy (non-hydrogen) atoms. The number of benzene rings is 4. The Balaban J connectivity index is 1.92. The highest BCUT2D eigenvalue weighted by molar-refractivity contribution is 9.10. The third kappa shape index (κ3) is 2.34. The van der Waals surface area contributed by atoms with E-state index in [1.165, 1.54) is 43.8 Å². The van der Waals surface area contributed by atoms with Crippen LogP contribution in [0.2, 0.25) is 0 Å². The van der Waals surface area contributed by atoms with E-state index in [2.05, 4.69) is 94.8 Å². The second-order valence-corrected chi connectivity index (χ2v) is 7.48. The molecule has 4 aromatic rings. The van der Waals surface area contributed by atoms with Gasteiger partial charge in [-0.3, -0.25) is 0 Å². The van der Waals surface area contributed by atoms with Gasteiger partial charge in [0.2, 0.25) is 0 Å². The minimum absolute atomic E-state index is 1.12. The average Bonchev–Trinajstić information content (AvgIpc) is 2.68. The highest BCUT2D eigenvalue weighted by atomic mass is 79.9. The van der Waals surface area contributed by atoms with Crippen LogP contribution in [0.3, 0.4) is 0 Å². The highest BCUT2D eigenvalue weighted by Gasteiger charge is 2.15. The summed E-state index contributed by atoms with van der Waals surface area (Å²) in [5, 5.41) is 5.26. The van der Waals surface area contributed by atoms with E-state index in [1.807, 2.05) is 0 Å². The molecule has 0 aromatic heterocycles. The third-order valence-electron chi connectivity index (χ3n) is 5.20. The molecule has 0 saturated carbocycles. The van der Waals surface area contributed by atoms with Gasteiger partial charge in [-0.25, -0.2) is 0 Å². The lowest BCUT2D eigenvalue weighted by molar-refractivity contribution is 0.990. The Morgan fingerprint density at radius 2 is 1.36 bits per heavy atom. The lowest BCUT2D eigenvalue weighted by Gasteiger charge is -2.18. The van der Waals surface area contributed by atoms with Gasteiger partial charge < -0.3 is 0 Å². The van der Waals surface area contributed by atoms with Crippen LogP contribution in [0.5, 0.6) is 0 Å². The Morgan fingerprint density at radius 3 is 2.16 bits per heavy atom. The van der Waals surface area contributed by atoms with Crippen LogP contribution in [-0.4, -0.2) is 0 Å². The topological polar surface area (TPSA) is 0 Å². The van der Waals surface area contributed by atoms with Crippen molar-refractivity contribution in [1.29, 1.82) is 0 Å². The second-order valence-electron chi connectivity index (χ2n) is 6.62. The Labute approximate surface area is 155 Å². The predicted molar refractivity (Wildman–Crippen MR) is 112 cm³/mol. The summed E-state index contributed by atoms with van der Waals surface area (Å²) in [5.41, 5.74) is 5.51. The van der Waals surface area contributed by atoms with E-state index < -0.39 is 0 Å². The molecule has 0 heterocycles. The maximum Gasteiger partial charge on any atom is 0.0254 e. The van der Waals surface area contributed by atoms with E-state index in [1.54, 1.807) is 0 Å². The summed E-state index contributed by atoms with van der Waals surface area (Å²) < 4.78 is 1.15. The number of hydrogen-bond donors (Lipinski definition) is 0. The molecule has 4 aromatic carbocycles. The first-order chi connectivity index (χ1) is 12.3. The Bertz CT molecular complexity index is 1150. The summed E-state index contributed by atoms with van der Waals surface area (Å²) in [4.78, 5) is 0. The normalized spacial score (nSPS) is 13.3. The fraction of sp³-hybridized carbons (Fsp3) is 0.0833. The molecule has 0 nitrogen and oxygen atoms in total. The molecule has 0 atom stereocenters. The fourth-order valence-corrected chi connectivity index (χ4v) is 4.50. The molecule has 0 fully saturated rings. The molecule has 0 aliphatic heterocycles. The first kappa shape index (κ1) is 14.9. The second kappa shape index (κ2) is 5.86. The zero-order valence-corrected chi connectivity index (χ0v) is 15.4. The summed E-state index contributed by atoms with van der Waals surface area (Å²) in [7, 11) is 0. The predicted octanol–water partition coefficient (Wildman–Crippen LogP) is 7.38. The molecule has 1 heteroatoms. The third-order valence-corrected chi connectivity index (χ3v) is 5.89. The quantitative estimate of drug-likeness (QED) is 0.321. The van der Waals surface area contributed by atoms with Crippen molar-refractivity contribution in [2.45, 2.75) is 12.8 Å². The number of hydrogen-bond acceptors (Lipinski definition) is 0. The first-order valence-electron chi connectivity index (χ1n) is 8.72. The van der Waals surface area contributed by atoms with E-state index in [4.69, 9.17) is 0 Å². The summed E-state index contributed by atoms with van der Waals surface area (Å²) in [6, 6.07) is 24.3. The summed E-state index contributed by atoms with van der Waals surface area (Å²) in [6.07, 6.45) is 6.85. The zero-order valence-electron chi connectivity index (χ0n) is 13.8. The molecular formula is C24H17Br. The standard InChI is InChI=1S/C24H17Br/c25-24-14-13-21(19-10-5-6-12-22(19)24)23-15-16-7-1-2-8-17(16)18-9-3-4-11-20(18)23/h2-6,8-15H,1,7H2. The van der Waals surface area contributed by atoms with Crippen molar-refractivity contribution in [2.75, 3.05) is 0 Å². The largest absolute Gasteiger partial charge is 0.0836 e. The van der Waals surface area contributed by atoms with E-state index in [0.29, 0.717) is 0 Å². The summed E-state index contributed by atoms with van der Waals surface area (Å²) >= 11 is 3.70. The lowest BCUT2D eigenvalue weighted by atomic mass is 9.86. The molecule has 0 spiro atoms. The van der Waals surface area contributed by atoms with Crippen molar-refractivity contribution in [1.82, 2.24) is 0 Å². The molecule has 0 saturated heterocycles. The van der Waals surface area contributed by atoms with Gasteiger partial charge in [-0.1, -0.05) is 82.7 Å². The number of aryl methyl sites for hydroxylation is 1. The van der Waals surface area contributed by atoms with E-state index in [-0.39, 0.29) is 0 Å².